The molecule has 5 heteroatoms. The largest absolute Gasteiger partial charge is 0.468 e. The molecule has 0 spiro atoms. The van der Waals surface area contributed by atoms with Crippen molar-refractivity contribution < 1.29 is 14.3 Å². The van der Waals surface area contributed by atoms with Gasteiger partial charge in [-0.1, -0.05) is 18.2 Å². The summed E-state index contributed by atoms with van der Waals surface area (Å²) in [6.45, 7) is 1.55. The summed E-state index contributed by atoms with van der Waals surface area (Å²) in [4.78, 5) is 29.3. The Hall–Kier alpha value is -2.14. The van der Waals surface area contributed by atoms with Gasteiger partial charge in [-0.2, -0.15) is 0 Å². The Morgan fingerprint density at radius 1 is 1.33 bits per heavy atom. The molecular weight excluding hydrogens is 268 g/mol. The van der Waals surface area contributed by atoms with Crippen LogP contribution < -0.4 is 0 Å². The van der Waals surface area contributed by atoms with Crippen molar-refractivity contribution in [3.8, 4) is 0 Å². The molecule has 1 N–H and O–H groups in total. The lowest BCUT2D eigenvalue weighted by Crippen LogP contribution is -2.48. The number of hydrogen-bond donors (Lipinski definition) is 1. The monoisotopic (exact) mass is 286 g/mol. The van der Waals surface area contributed by atoms with Crippen molar-refractivity contribution >= 4 is 22.7 Å². The van der Waals surface area contributed by atoms with Crippen LogP contribution in [0.3, 0.4) is 0 Å². The summed E-state index contributed by atoms with van der Waals surface area (Å²) in [5.41, 5.74) is 2.93. The molecule has 2 aromatic rings. The van der Waals surface area contributed by atoms with Crippen LogP contribution in [-0.2, 0) is 20.7 Å². The number of Topliss-reactive ketones (excluding diaryl/α,β-unsaturated/α-hetero) is 1. The van der Waals surface area contributed by atoms with Gasteiger partial charge in [0, 0.05) is 23.0 Å². The number of aromatic amines is 1. The molecule has 0 radical (unpaired) electrons. The highest BCUT2D eigenvalue weighted by Gasteiger charge is 2.40. The Morgan fingerprint density at radius 3 is 2.71 bits per heavy atom. The number of hydrogen-bond acceptors (Lipinski definition) is 4. The van der Waals surface area contributed by atoms with Gasteiger partial charge in [-0.25, -0.2) is 0 Å². The Bertz CT molecular complexity index is 719. The van der Waals surface area contributed by atoms with E-state index in [0.717, 1.165) is 22.2 Å². The summed E-state index contributed by atoms with van der Waals surface area (Å²) in [6, 6.07) is 7.04. The number of para-hydroxylation sites is 1. The number of ether oxygens (including phenoxy) is 1. The molecule has 5 nitrogen and oxygen atoms in total. The topological polar surface area (TPSA) is 62.4 Å². The molecular formula is C16H18N2O3. The van der Waals surface area contributed by atoms with Crippen LogP contribution in [0.4, 0.5) is 0 Å². The molecule has 0 aliphatic carbocycles. The smallest absolute Gasteiger partial charge is 0.323 e. The number of methoxy groups -OCH3 is 1. The third kappa shape index (κ3) is 2.05. The Morgan fingerprint density at radius 2 is 2.05 bits per heavy atom. The van der Waals surface area contributed by atoms with Crippen LogP contribution in [0, 0.1) is 0 Å². The number of nitrogens with one attached hydrogen (secondary N) is 1. The molecule has 0 amide bonds. The van der Waals surface area contributed by atoms with Crippen molar-refractivity contribution in [3.05, 3.63) is 35.5 Å². The quantitative estimate of drug-likeness (QED) is 0.856. The standard InChI is InChI=1S/C16H18N2O3/c1-9(19)15-14-11(8-13(18(15)2)16(20)21-3)10-6-4-5-7-12(10)17-14/h4-7,13,15,17H,8H2,1-3H3/t13-,15+/m0/s1. The molecule has 2 heterocycles. The number of likely N-dealkylation sites (N-methyl/N-ethyl adjacent to an activating group) is 1. The Kier molecular flexibility index (Phi) is 3.29. The highest BCUT2D eigenvalue weighted by molar-refractivity contribution is 5.92. The van der Waals surface area contributed by atoms with Crippen LogP contribution in [0.2, 0.25) is 0 Å². The number of rotatable bonds is 2. The minimum atomic E-state index is -0.440. The first-order valence-corrected chi connectivity index (χ1v) is 6.94. The van der Waals surface area contributed by atoms with E-state index in [1.807, 2.05) is 24.3 Å². The second kappa shape index (κ2) is 5.00. The maximum absolute atomic E-state index is 12.1. The third-order valence-electron chi connectivity index (χ3n) is 4.27. The molecule has 3 rings (SSSR count). The number of H-pyrrole nitrogens is 1. The summed E-state index contributed by atoms with van der Waals surface area (Å²) in [5.74, 6) is -0.293. The molecule has 1 aliphatic heterocycles. The molecule has 1 aliphatic rings. The summed E-state index contributed by atoms with van der Waals surface area (Å²) in [6.07, 6.45) is 0.548. The van der Waals surface area contributed by atoms with Gasteiger partial charge in [-0.05, 0) is 25.6 Å². The first-order chi connectivity index (χ1) is 10.0. The number of carbonyl (C=O) groups excluding carboxylic acids is 2. The molecule has 110 valence electrons. The molecule has 0 fully saturated rings. The molecule has 0 unspecified atom stereocenters. The van der Waals surface area contributed by atoms with Crippen LogP contribution in [0.5, 0.6) is 0 Å². The number of fused-ring (bicyclic) bond motifs is 3. The average Bonchev–Trinajstić information content (AvgIpc) is 2.83. The SMILES string of the molecule is COC(=O)[C@@H]1Cc2c([nH]c3ccccc23)[C@@H](C(C)=O)N1C. The van der Waals surface area contributed by atoms with E-state index in [2.05, 4.69) is 4.98 Å². The molecule has 1 aromatic carbocycles. The van der Waals surface area contributed by atoms with Crippen LogP contribution in [0.1, 0.15) is 24.2 Å². The Labute approximate surface area is 122 Å². The van der Waals surface area contributed by atoms with E-state index >= 15 is 0 Å². The maximum atomic E-state index is 12.1. The zero-order valence-electron chi connectivity index (χ0n) is 12.3. The molecule has 21 heavy (non-hydrogen) atoms. The zero-order valence-corrected chi connectivity index (χ0v) is 12.3. The lowest BCUT2D eigenvalue weighted by atomic mass is 9.90. The van der Waals surface area contributed by atoms with Crippen molar-refractivity contribution in [2.24, 2.45) is 0 Å². The summed E-state index contributed by atoms with van der Waals surface area (Å²) in [5, 5.41) is 1.07. The van der Waals surface area contributed by atoms with Gasteiger partial charge in [0.25, 0.3) is 0 Å². The van der Waals surface area contributed by atoms with E-state index in [1.165, 1.54) is 7.11 Å². The molecule has 0 saturated carbocycles. The first kappa shape index (κ1) is 13.8. The van der Waals surface area contributed by atoms with E-state index in [4.69, 9.17) is 4.74 Å². The Balaban J connectivity index is 2.19. The minimum Gasteiger partial charge on any atom is -0.468 e. The fraction of sp³-hybridized carbons (Fsp3) is 0.375. The third-order valence-corrected chi connectivity index (χ3v) is 4.27. The summed E-state index contributed by atoms with van der Waals surface area (Å²) < 4.78 is 4.89. The van der Waals surface area contributed by atoms with E-state index in [-0.39, 0.29) is 11.8 Å². The van der Waals surface area contributed by atoms with E-state index in [9.17, 15) is 9.59 Å². The van der Waals surface area contributed by atoms with Gasteiger partial charge in [0.1, 0.15) is 12.1 Å². The fourth-order valence-electron chi connectivity index (χ4n) is 3.27. The minimum absolute atomic E-state index is 0.0129. The van der Waals surface area contributed by atoms with Crippen LogP contribution in [0.15, 0.2) is 24.3 Å². The molecule has 0 saturated heterocycles. The lowest BCUT2D eigenvalue weighted by molar-refractivity contribution is -0.148. The van der Waals surface area contributed by atoms with Crippen molar-refractivity contribution in [2.45, 2.75) is 25.4 Å². The van der Waals surface area contributed by atoms with Gasteiger partial charge in [0.15, 0.2) is 5.78 Å². The normalized spacial score (nSPS) is 22.0. The maximum Gasteiger partial charge on any atom is 0.323 e. The van der Waals surface area contributed by atoms with Crippen molar-refractivity contribution in [2.75, 3.05) is 14.2 Å². The highest BCUT2D eigenvalue weighted by Crippen LogP contribution is 2.36. The van der Waals surface area contributed by atoms with Crippen molar-refractivity contribution in [1.29, 1.82) is 0 Å². The molecule has 0 bridgehead atoms. The number of ketones is 1. The van der Waals surface area contributed by atoms with E-state index in [1.54, 1.807) is 18.9 Å². The second-order valence-corrected chi connectivity index (χ2v) is 5.48. The van der Waals surface area contributed by atoms with E-state index in [0.29, 0.717) is 6.42 Å². The molecule has 1 aromatic heterocycles. The lowest BCUT2D eigenvalue weighted by Gasteiger charge is -2.36. The van der Waals surface area contributed by atoms with Gasteiger partial charge in [-0.3, -0.25) is 14.5 Å². The van der Waals surface area contributed by atoms with E-state index < -0.39 is 12.1 Å². The summed E-state index contributed by atoms with van der Waals surface area (Å²) >= 11 is 0. The van der Waals surface area contributed by atoms with Crippen LogP contribution in [0.25, 0.3) is 10.9 Å². The second-order valence-electron chi connectivity index (χ2n) is 5.48. The fourth-order valence-corrected chi connectivity index (χ4v) is 3.27. The zero-order chi connectivity index (χ0) is 15.1. The van der Waals surface area contributed by atoms with Gasteiger partial charge in [-0.15, -0.1) is 0 Å². The van der Waals surface area contributed by atoms with Crippen molar-refractivity contribution in [3.63, 3.8) is 0 Å². The van der Waals surface area contributed by atoms with Crippen LogP contribution >= 0.6 is 0 Å². The average molecular weight is 286 g/mol. The predicted molar refractivity (Wildman–Crippen MR) is 79.0 cm³/mol. The molecule has 2 atom stereocenters. The van der Waals surface area contributed by atoms with Gasteiger partial charge >= 0.3 is 5.97 Å². The van der Waals surface area contributed by atoms with Crippen LogP contribution in [-0.4, -0.2) is 41.8 Å². The summed E-state index contributed by atoms with van der Waals surface area (Å²) in [7, 11) is 3.17. The number of esters is 1. The van der Waals surface area contributed by atoms with Crippen molar-refractivity contribution in [1.82, 2.24) is 9.88 Å². The van der Waals surface area contributed by atoms with Gasteiger partial charge < -0.3 is 9.72 Å². The van der Waals surface area contributed by atoms with Gasteiger partial charge in [0.2, 0.25) is 0 Å². The number of nitrogens with zero attached hydrogens (tertiary/aromatic N) is 1. The number of carbonyl (C=O) groups is 2. The number of benzene rings is 1. The first-order valence-electron chi connectivity index (χ1n) is 6.94. The predicted octanol–water partition coefficient (Wildman–Crippen LogP) is 1.83. The number of aromatic nitrogens is 1. The van der Waals surface area contributed by atoms with Gasteiger partial charge in [0.05, 0.1) is 7.11 Å². The highest BCUT2D eigenvalue weighted by atomic mass is 16.5.